The highest BCUT2D eigenvalue weighted by Gasteiger charge is 2.16. The van der Waals surface area contributed by atoms with E-state index in [4.69, 9.17) is 4.42 Å². The summed E-state index contributed by atoms with van der Waals surface area (Å²) in [6.45, 7) is 0. The maximum Gasteiger partial charge on any atom is 0.238 e. The summed E-state index contributed by atoms with van der Waals surface area (Å²) in [6, 6.07) is 9.24. The van der Waals surface area contributed by atoms with Crippen LogP contribution in [-0.4, -0.2) is 5.78 Å². The average molecular weight is 386 g/mol. The molecule has 3 aromatic rings. The second-order valence-corrected chi connectivity index (χ2v) is 6.49. The fraction of sp³-hybridized carbons (Fsp3) is 0. The maximum atomic E-state index is 12.2. The van der Waals surface area contributed by atoms with Crippen LogP contribution >= 0.6 is 43.2 Å². The van der Waals surface area contributed by atoms with Crippen molar-refractivity contribution in [3.63, 3.8) is 0 Å². The Morgan fingerprint density at radius 2 is 1.94 bits per heavy atom. The lowest BCUT2D eigenvalue weighted by atomic mass is 10.2. The average Bonchev–Trinajstić information content (AvgIpc) is 2.93. The normalized spacial score (nSPS) is 11.0. The quantitative estimate of drug-likeness (QED) is 0.564. The van der Waals surface area contributed by atoms with E-state index >= 15 is 0 Å². The molecule has 0 spiro atoms. The third-order valence-corrected chi connectivity index (χ3v) is 4.68. The molecule has 18 heavy (non-hydrogen) atoms. The molecule has 2 aromatic heterocycles. The predicted molar refractivity (Wildman–Crippen MR) is 79.4 cm³/mol. The van der Waals surface area contributed by atoms with E-state index in [1.165, 1.54) is 11.3 Å². The van der Waals surface area contributed by atoms with Crippen molar-refractivity contribution in [2.24, 2.45) is 0 Å². The number of fused-ring (bicyclic) bond motifs is 1. The standard InChI is InChI=1S/C13H6Br2O2S/c14-8-1-2-10-7(3-8)4-11(17-10)13(16)12-5-9(15)6-18-12/h1-6H. The molecule has 0 radical (unpaired) electrons. The molecule has 0 amide bonds. The number of benzene rings is 1. The van der Waals surface area contributed by atoms with Crippen molar-refractivity contribution in [1.29, 1.82) is 0 Å². The Kier molecular flexibility index (Phi) is 3.13. The summed E-state index contributed by atoms with van der Waals surface area (Å²) < 4.78 is 7.45. The molecule has 0 atom stereocenters. The van der Waals surface area contributed by atoms with Gasteiger partial charge in [-0.1, -0.05) is 15.9 Å². The van der Waals surface area contributed by atoms with E-state index in [-0.39, 0.29) is 5.78 Å². The van der Waals surface area contributed by atoms with Crippen LogP contribution in [0, 0.1) is 0 Å². The van der Waals surface area contributed by atoms with Gasteiger partial charge in [-0.05, 0) is 46.3 Å². The minimum Gasteiger partial charge on any atom is -0.453 e. The Morgan fingerprint density at radius 3 is 2.67 bits per heavy atom. The van der Waals surface area contributed by atoms with Gasteiger partial charge in [0.1, 0.15) is 5.58 Å². The van der Waals surface area contributed by atoms with Gasteiger partial charge >= 0.3 is 0 Å². The molecule has 0 bridgehead atoms. The SMILES string of the molecule is O=C(c1cc2cc(Br)ccc2o1)c1cc(Br)cs1. The van der Waals surface area contributed by atoms with Crippen LogP contribution in [0.2, 0.25) is 0 Å². The van der Waals surface area contributed by atoms with Gasteiger partial charge in [0.2, 0.25) is 5.78 Å². The number of halogens is 2. The van der Waals surface area contributed by atoms with E-state index in [2.05, 4.69) is 31.9 Å². The first-order valence-electron chi connectivity index (χ1n) is 5.11. The van der Waals surface area contributed by atoms with Crippen LogP contribution in [0.5, 0.6) is 0 Å². The first kappa shape index (κ1) is 12.1. The molecule has 5 heteroatoms. The first-order chi connectivity index (χ1) is 8.63. The van der Waals surface area contributed by atoms with Gasteiger partial charge in [0.05, 0.1) is 4.88 Å². The lowest BCUT2D eigenvalue weighted by molar-refractivity contribution is 0.101. The van der Waals surface area contributed by atoms with Crippen LogP contribution < -0.4 is 0 Å². The van der Waals surface area contributed by atoms with Gasteiger partial charge in [-0.3, -0.25) is 4.79 Å². The molecule has 0 saturated heterocycles. The van der Waals surface area contributed by atoms with Crippen molar-refractivity contribution < 1.29 is 9.21 Å². The fourth-order valence-corrected chi connectivity index (χ4v) is 3.43. The molecule has 1 aromatic carbocycles. The molecular weight excluding hydrogens is 380 g/mol. The molecule has 0 saturated carbocycles. The van der Waals surface area contributed by atoms with E-state index in [1.807, 2.05) is 23.6 Å². The van der Waals surface area contributed by atoms with Crippen molar-refractivity contribution >= 4 is 59.9 Å². The predicted octanol–water partition coefficient (Wildman–Crippen LogP) is 5.25. The lowest BCUT2D eigenvalue weighted by Gasteiger charge is -1.90. The first-order valence-corrected chi connectivity index (χ1v) is 7.58. The Morgan fingerprint density at radius 1 is 1.11 bits per heavy atom. The van der Waals surface area contributed by atoms with Gasteiger partial charge in [-0.15, -0.1) is 11.3 Å². The number of carbonyl (C=O) groups is 1. The third-order valence-electron chi connectivity index (χ3n) is 2.49. The molecule has 3 rings (SSSR count). The molecule has 90 valence electrons. The van der Waals surface area contributed by atoms with E-state index in [9.17, 15) is 4.79 Å². The lowest BCUT2D eigenvalue weighted by Crippen LogP contribution is -1.95. The van der Waals surface area contributed by atoms with Crippen molar-refractivity contribution in [3.05, 3.63) is 55.3 Å². The van der Waals surface area contributed by atoms with Crippen LogP contribution in [0.15, 0.2) is 49.1 Å². The zero-order valence-corrected chi connectivity index (χ0v) is 12.9. The van der Waals surface area contributed by atoms with Gasteiger partial charge in [0, 0.05) is 19.7 Å². The summed E-state index contributed by atoms with van der Waals surface area (Å²) in [5.74, 6) is 0.287. The van der Waals surface area contributed by atoms with Crippen LogP contribution in [0.25, 0.3) is 11.0 Å². The van der Waals surface area contributed by atoms with Crippen molar-refractivity contribution in [1.82, 2.24) is 0 Å². The van der Waals surface area contributed by atoms with Gasteiger partial charge < -0.3 is 4.42 Å². The Labute approximate surface area is 124 Å². The third kappa shape index (κ3) is 2.18. The van der Waals surface area contributed by atoms with E-state index in [0.717, 1.165) is 19.9 Å². The van der Waals surface area contributed by atoms with Crippen molar-refractivity contribution in [2.45, 2.75) is 0 Å². The highest BCUT2D eigenvalue weighted by atomic mass is 79.9. The van der Waals surface area contributed by atoms with Gasteiger partial charge in [-0.25, -0.2) is 0 Å². The number of ketones is 1. The monoisotopic (exact) mass is 384 g/mol. The summed E-state index contributed by atoms with van der Waals surface area (Å²) in [6.07, 6.45) is 0. The summed E-state index contributed by atoms with van der Waals surface area (Å²) in [4.78, 5) is 12.9. The number of thiophene rings is 1. The topological polar surface area (TPSA) is 30.2 Å². The van der Waals surface area contributed by atoms with Crippen LogP contribution in [0.3, 0.4) is 0 Å². The zero-order chi connectivity index (χ0) is 12.7. The fourth-order valence-electron chi connectivity index (χ4n) is 1.68. The van der Waals surface area contributed by atoms with Crippen molar-refractivity contribution in [3.8, 4) is 0 Å². The summed E-state index contributed by atoms with van der Waals surface area (Å²) >= 11 is 8.13. The van der Waals surface area contributed by atoms with Crippen molar-refractivity contribution in [2.75, 3.05) is 0 Å². The number of carbonyl (C=O) groups excluding carboxylic acids is 1. The Balaban J connectivity index is 2.06. The smallest absolute Gasteiger partial charge is 0.238 e. The summed E-state index contributed by atoms with van der Waals surface area (Å²) in [5, 5.41) is 2.80. The minimum absolute atomic E-state index is 0.0852. The minimum atomic E-state index is -0.0852. The second kappa shape index (κ2) is 4.64. The highest BCUT2D eigenvalue weighted by Crippen LogP contribution is 2.27. The number of rotatable bonds is 2. The number of furan rings is 1. The summed E-state index contributed by atoms with van der Waals surface area (Å²) in [5.41, 5.74) is 0.720. The maximum absolute atomic E-state index is 12.2. The highest BCUT2D eigenvalue weighted by molar-refractivity contribution is 9.10. The molecule has 2 heterocycles. The zero-order valence-electron chi connectivity index (χ0n) is 8.94. The van der Waals surface area contributed by atoms with Gasteiger partial charge in [0.25, 0.3) is 0 Å². The van der Waals surface area contributed by atoms with E-state index in [1.54, 1.807) is 12.1 Å². The molecule has 0 aliphatic carbocycles. The molecule has 0 fully saturated rings. The van der Waals surface area contributed by atoms with Crippen LogP contribution in [0.4, 0.5) is 0 Å². The van der Waals surface area contributed by atoms with Crippen LogP contribution in [0.1, 0.15) is 15.4 Å². The molecular formula is C13H6Br2O2S. The molecule has 0 aliphatic rings. The van der Waals surface area contributed by atoms with E-state index < -0.39 is 0 Å². The van der Waals surface area contributed by atoms with Gasteiger partial charge in [0.15, 0.2) is 5.76 Å². The molecule has 0 aliphatic heterocycles. The molecule has 0 unspecified atom stereocenters. The Bertz CT molecular complexity index is 742. The number of hydrogen-bond acceptors (Lipinski definition) is 3. The second-order valence-electron chi connectivity index (χ2n) is 3.75. The molecule has 2 nitrogen and oxygen atoms in total. The van der Waals surface area contributed by atoms with Crippen LogP contribution in [-0.2, 0) is 0 Å². The number of hydrogen-bond donors (Lipinski definition) is 0. The van der Waals surface area contributed by atoms with Gasteiger partial charge in [-0.2, -0.15) is 0 Å². The van der Waals surface area contributed by atoms with E-state index in [0.29, 0.717) is 10.6 Å². The Hall–Kier alpha value is -0.910. The summed E-state index contributed by atoms with van der Waals surface area (Å²) in [7, 11) is 0. The largest absolute Gasteiger partial charge is 0.453 e. The molecule has 0 N–H and O–H groups in total.